The van der Waals surface area contributed by atoms with E-state index in [1.807, 2.05) is 18.2 Å². The van der Waals surface area contributed by atoms with Crippen molar-refractivity contribution in [1.29, 1.82) is 0 Å². The summed E-state index contributed by atoms with van der Waals surface area (Å²) in [7, 11) is -1.98. The Labute approximate surface area is 171 Å². The highest BCUT2D eigenvalue weighted by Crippen LogP contribution is 2.42. The second kappa shape index (κ2) is 6.93. The van der Waals surface area contributed by atoms with Gasteiger partial charge in [0.2, 0.25) is 0 Å². The summed E-state index contributed by atoms with van der Waals surface area (Å²) in [6.07, 6.45) is -0.0904. The lowest BCUT2D eigenvalue weighted by Crippen LogP contribution is -2.46. The summed E-state index contributed by atoms with van der Waals surface area (Å²) in [6.45, 7) is 11.1. The van der Waals surface area contributed by atoms with Crippen molar-refractivity contribution in [2.24, 2.45) is 11.1 Å². The predicted molar refractivity (Wildman–Crippen MR) is 116 cm³/mol. The van der Waals surface area contributed by atoms with Crippen LogP contribution in [0, 0.1) is 5.92 Å². The molecule has 4 nitrogen and oxygen atoms in total. The van der Waals surface area contributed by atoms with Gasteiger partial charge in [-0.15, -0.1) is 11.3 Å². The van der Waals surface area contributed by atoms with Gasteiger partial charge in [-0.1, -0.05) is 56.3 Å². The molecule has 2 heterocycles. The molecule has 0 N–H and O–H groups in total. The van der Waals surface area contributed by atoms with Crippen LogP contribution < -0.4 is 0 Å². The fourth-order valence-electron chi connectivity index (χ4n) is 3.59. The molecule has 0 bridgehead atoms. The summed E-state index contributed by atoms with van der Waals surface area (Å²) in [5.41, 5.74) is 2.87. The molecule has 3 atom stereocenters. The van der Waals surface area contributed by atoms with Gasteiger partial charge in [-0.05, 0) is 35.1 Å². The Morgan fingerprint density at radius 2 is 1.82 bits per heavy atom. The monoisotopic (exact) mass is 413 g/mol. The highest BCUT2D eigenvalue weighted by Gasteiger charge is 2.54. The smallest absolute Gasteiger partial charge is 0.192 e. The van der Waals surface area contributed by atoms with Crippen LogP contribution in [0.25, 0.3) is 10.4 Å². The number of rotatable bonds is 4. The van der Waals surface area contributed by atoms with Crippen LogP contribution in [0.4, 0.5) is 0 Å². The van der Waals surface area contributed by atoms with Gasteiger partial charge in [0.05, 0.1) is 6.10 Å². The minimum absolute atomic E-state index is 0.0913. The zero-order valence-electron chi connectivity index (χ0n) is 17.1. The van der Waals surface area contributed by atoms with E-state index in [1.165, 1.54) is 10.4 Å². The number of hydrogen-bond acceptors (Lipinski definition) is 5. The van der Waals surface area contributed by atoms with E-state index in [2.05, 4.69) is 62.6 Å². The Hall–Kier alpha value is -1.76. The molecule has 148 valence electrons. The number of fused-ring (bicyclic) bond motifs is 1. The van der Waals surface area contributed by atoms with E-state index >= 15 is 0 Å². The second-order valence-corrected chi connectivity index (χ2v) is 14.9. The van der Waals surface area contributed by atoms with Gasteiger partial charge in [-0.3, -0.25) is 4.79 Å². The van der Waals surface area contributed by atoms with Crippen LogP contribution in [-0.2, 0) is 14.1 Å². The first-order valence-corrected chi connectivity index (χ1v) is 13.5. The van der Waals surface area contributed by atoms with Crippen LogP contribution in [-0.4, -0.2) is 32.0 Å². The Balaban J connectivity index is 1.53. The van der Waals surface area contributed by atoms with Crippen LogP contribution in [0.5, 0.6) is 0 Å². The van der Waals surface area contributed by atoms with Crippen molar-refractivity contribution in [2.75, 3.05) is 0 Å². The van der Waals surface area contributed by atoms with Crippen molar-refractivity contribution < 1.29 is 14.1 Å². The number of ketones is 1. The number of carbonyl (C=O) groups excluding carboxylic acids is 1. The van der Waals surface area contributed by atoms with Crippen LogP contribution in [0.1, 0.15) is 32.8 Å². The molecule has 1 saturated carbocycles. The van der Waals surface area contributed by atoms with Gasteiger partial charge >= 0.3 is 0 Å². The molecule has 0 saturated heterocycles. The summed E-state index contributed by atoms with van der Waals surface area (Å²) in [6, 6.07) is 12.4. The zero-order chi connectivity index (χ0) is 20.1. The van der Waals surface area contributed by atoms with Gasteiger partial charge in [0, 0.05) is 16.9 Å². The van der Waals surface area contributed by atoms with E-state index in [0.717, 1.165) is 11.3 Å². The molecular formula is C22H27NO3SSi. The molecule has 0 spiro atoms. The number of benzene rings is 1. The first kappa shape index (κ1) is 19.5. The van der Waals surface area contributed by atoms with Crippen molar-refractivity contribution in [1.82, 2.24) is 0 Å². The summed E-state index contributed by atoms with van der Waals surface area (Å²) in [5, 5.41) is 6.47. The molecule has 2 aliphatic rings. The maximum absolute atomic E-state index is 12.8. The second-order valence-electron chi connectivity index (χ2n) is 9.17. The summed E-state index contributed by atoms with van der Waals surface area (Å²) < 4.78 is 6.52. The van der Waals surface area contributed by atoms with Crippen LogP contribution in [0.3, 0.4) is 0 Å². The fraction of sp³-hybridized carbons (Fsp3) is 0.455. The molecule has 4 rings (SSSR count). The van der Waals surface area contributed by atoms with E-state index in [-0.39, 0.29) is 28.9 Å². The van der Waals surface area contributed by atoms with Gasteiger partial charge in [0.1, 0.15) is 17.4 Å². The molecule has 1 aromatic heterocycles. The summed E-state index contributed by atoms with van der Waals surface area (Å²) >= 11 is 1.72. The molecule has 2 aromatic rings. The molecule has 0 unspecified atom stereocenters. The number of hydrogen-bond donors (Lipinski definition) is 0. The summed E-state index contributed by atoms with van der Waals surface area (Å²) in [5.74, 6) is -0.144. The van der Waals surface area contributed by atoms with Crippen LogP contribution in [0.15, 0.2) is 46.9 Å². The van der Waals surface area contributed by atoms with Crippen molar-refractivity contribution >= 4 is 31.1 Å². The lowest BCUT2D eigenvalue weighted by Gasteiger charge is -2.39. The molecule has 1 fully saturated rings. The maximum atomic E-state index is 12.8. The normalized spacial score (nSPS) is 24.8. The predicted octanol–water partition coefficient (Wildman–Crippen LogP) is 5.50. The standard InChI is InChI=1S/C22H27NO3SSi/c1-22(2,3)28(4,5)26-17-13-16(24)19-20(23-25-21(17)19)15-10-8-14(9-11-15)18-7-6-12-27-18/h6-12,17,19,21H,13H2,1-5H3/t17-,19+,21+/m1/s1. The Bertz CT molecular complexity index is 897. The Morgan fingerprint density at radius 3 is 2.43 bits per heavy atom. The number of thiophene rings is 1. The minimum Gasteiger partial charge on any atom is -0.410 e. The maximum Gasteiger partial charge on any atom is 0.192 e. The Kier molecular flexibility index (Phi) is 4.84. The molecular weight excluding hydrogens is 386 g/mol. The molecule has 0 amide bonds. The minimum atomic E-state index is -1.98. The third kappa shape index (κ3) is 3.38. The highest BCUT2D eigenvalue weighted by molar-refractivity contribution is 7.13. The number of oxime groups is 1. The average Bonchev–Trinajstić information content (AvgIpc) is 3.34. The van der Waals surface area contributed by atoms with Crippen LogP contribution >= 0.6 is 11.3 Å². The molecule has 1 aromatic carbocycles. The van der Waals surface area contributed by atoms with Gasteiger partial charge in [0.15, 0.2) is 14.4 Å². The third-order valence-electron chi connectivity index (χ3n) is 6.25. The van der Waals surface area contributed by atoms with Gasteiger partial charge in [-0.2, -0.15) is 0 Å². The van der Waals surface area contributed by atoms with Gasteiger partial charge in [-0.25, -0.2) is 0 Å². The fourth-order valence-corrected chi connectivity index (χ4v) is 5.66. The van der Waals surface area contributed by atoms with Crippen molar-refractivity contribution in [3.63, 3.8) is 0 Å². The van der Waals surface area contributed by atoms with E-state index < -0.39 is 8.32 Å². The third-order valence-corrected chi connectivity index (χ3v) is 11.7. The van der Waals surface area contributed by atoms with E-state index in [0.29, 0.717) is 6.42 Å². The Morgan fingerprint density at radius 1 is 1.14 bits per heavy atom. The van der Waals surface area contributed by atoms with E-state index in [4.69, 9.17) is 9.26 Å². The quantitative estimate of drug-likeness (QED) is 0.622. The lowest BCUT2D eigenvalue weighted by atomic mass is 9.93. The number of carbonyl (C=O) groups is 1. The molecule has 28 heavy (non-hydrogen) atoms. The molecule has 6 heteroatoms. The number of nitrogens with zero attached hydrogens (tertiary/aromatic N) is 1. The van der Waals surface area contributed by atoms with E-state index in [9.17, 15) is 4.79 Å². The van der Waals surface area contributed by atoms with Gasteiger partial charge < -0.3 is 9.26 Å². The van der Waals surface area contributed by atoms with Crippen LogP contribution in [0.2, 0.25) is 18.1 Å². The van der Waals surface area contributed by atoms with Crippen molar-refractivity contribution in [3.8, 4) is 10.4 Å². The first-order valence-electron chi connectivity index (χ1n) is 9.76. The zero-order valence-corrected chi connectivity index (χ0v) is 18.9. The topological polar surface area (TPSA) is 47.9 Å². The van der Waals surface area contributed by atoms with E-state index in [1.54, 1.807) is 11.3 Å². The van der Waals surface area contributed by atoms with Crippen molar-refractivity contribution in [3.05, 3.63) is 47.3 Å². The van der Waals surface area contributed by atoms with Crippen molar-refractivity contribution in [2.45, 2.75) is 57.5 Å². The highest BCUT2D eigenvalue weighted by atomic mass is 32.1. The van der Waals surface area contributed by atoms with Gasteiger partial charge in [0.25, 0.3) is 0 Å². The first-order chi connectivity index (χ1) is 13.2. The lowest BCUT2D eigenvalue weighted by molar-refractivity contribution is -0.119. The molecule has 0 radical (unpaired) electrons. The molecule has 1 aliphatic carbocycles. The largest absolute Gasteiger partial charge is 0.410 e. The molecule has 1 aliphatic heterocycles. The SMILES string of the molecule is CC(C)(C)[Si](C)(C)O[C@@H]1CC(=O)[C@H]2C(c3ccc(-c4cccs4)cc3)=NO[C@H]21. The number of Topliss-reactive ketones (excluding diaryl/α,β-unsaturated/α-hetero) is 1. The average molecular weight is 414 g/mol. The summed E-state index contributed by atoms with van der Waals surface area (Å²) in [4.78, 5) is 19.8.